The first-order valence-corrected chi connectivity index (χ1v) is 6.22. The number of carbonyl (C=O) groups excluding carboxylic acids is 1. The van der Waals surface area contributed by atoms with Gasteiger partial charge in [-0.2, -0.15) is 5.10 Å². The van der Waals surface area contributed by atoms with Gasteiger partial charge < -0.3 is 0 Å². The van der Waals surface area contributed by atoms with Crippen LogP contribution in [-0.2, 0) is 0 Å². The standard InChI is InChI=1S/C16H15N3O/c1-13(11-14-5-3-2-4-6-14)12-18-19-16(20)15-7-9-17-10-8-15/h2-12H,1H3,(H,19,20)/b13-11-,18-12-. The summed E-state index contributed by atoms with van der Waals surface area (Å²) in [5.41, 5.74) is 5.05. The summed E-state index contributed by atoms with van der Waals surface area (Å²) in [4.78, 5) is 15.6. The summed E-state index contributed by atoms with van der Waals surface area (Å²) in [5, 5.41) is 3.93. The van der Waals surface area contributed by atoms with E-state index in [9.17, 15) is 4.79 Å². The lowest BCUT2D eigenvalue weighted by atomic mass is 10.1. The molecule has 0 fully saturated rings. The van der Waals surface area contributed by atoms with Crippen molar-refractivity contribution in [2.24, 2.45) is 5.10 Å². The zero-order valence-electron chi connectivity index (χ0n) is 11.2. The van der Waals surface area contributed by atoms with Crippen LogP contribution in [0.4, 0.5) is 0 Å². The molecule has 0 aliphatic carbocycles. The SMILES string of the molecule is CC(/C=N\NC(=O)c1ccncc1)=C/c1ccccc1. The normalized spacial score (nSPS) is 11.6. The second kappa shape index (κ2) is 6.99. The number of aromatic nitrogens is 1. The molecule has 0 saturated carbocycles. The number of nitrogens with zero attached hydrogens (tertiary/aromatic N) is 2. The summed E-state index contributed by atoms with van der Waals surface area (Å²) in [5.74, 6) is -0.254. The van der Waals surface area contributed by atoms with Crippen molar-refractivity contribution in [2.75, 3.05) is 0 Å². The van der Waals surface area contributed by atoms with Crippen LogP contribution in [0.5, 0.6) is 0 Å². The first kappa shape index (κ1) is 13.7. The van der Waals surface area contributed by atoms with E-state index in [0.717, 1.165) is 11.1 Å². The fraction of sp³-hybridized carbons (Fsp3) is 0.0625. The number of hydrogen-bond donors (Lipinski definition) is 1. The quantitative estimate of drug-likeness (QED) is 0.682. The number of nitrogens with one attached hydrogen (secondary N) is 1. The van der Waals surface area contributed by atoms with Crippen LogP contribution >= 0.6 is 0 Å². The molecule has 2 aromatic rings. The molecule has 0 aliphatic rings. The molecule has 1 aromatic carbocycles. The number of allylic oxidation sites excluding steroid dienone is 1. The van der Waals surface area contributed by atoms with Gasteiger partial charge in [-0.05, 0) is 30.2 Å². The van der Waals surface area contributed by atoms with Gasteiger partial charge in [0.1, 0.15) is 0 Å². The minimum Gasteiger partial charge on any atom is -0.267 e. The Balaban J connectivity index is 1.94. The molecule has 0 radical (unpaired) electrons. The number of benzene rings is 1. The van der Waals surface area contributed by atoms with Crippen molar-refractivity contribution in [3.05, 3.63) is 71.6 Å². The Morgan fingerprint density at radius 3 is 2.55 bits per heavy atom. The van der Waals surface area contributed by atoms with Crippen LogP contribution in [0.2, 0.25) is 0 Å². The number of hydrazone groups is 1. The molecule has 100 valence electrons. The maximum absolute atomic E-state index is 11.7. The fourth-order valence-corrected chi connectivity index (χ4v) is 1.61. The smallest absolute Gasteiger partial charge is 0.267 e. The average molecular weight is 265 g/mol. The van der Waals surface area contributed by atoms with Gasteiger partial charge in [-0.1, -0.05) is 36.4 Å². The minimum atomic E-state index is -0.254. The molecule has 0 unspecified atom stereocenters. The Morgan fingerprint density at radius 2 is 1.85 bits per heavy atom. The molecule has 1 aromatic heterocycles. The molecule has 4 nitrogen and oxygen atoms in total. The van der Waals surface area contributed by atoms with Crippen molar-refractivity contribution in [3.8, 4) is 0 Å². The number of amides is 1. The predicted molar refractivity (Wildman–Crippen MR) is 80.3 cm³/mol. The van der Waals surface area contributed by atoms with E-state index < -0.39 is 0 Å². The molecule has 2 rings (SSSR count). The highest BCUT2D eigenvalue weighted by Crippen LogP contribution is 2.04. The monoisotopic (exact) mass is 265 g/mol. The zero-order valence-corrected chi connectivity index (χ0v) is 11.2. The number of hydrogen-bond acceptors (Lipinski definition) is 3. The highest BCUT2D eigenvalue weighted by Gasteiger charge is 2.01. The van der Waals surface area contributed by atoms with Crippen LogP contribution in [0, 0.1) is 0 Å². The summed E-state index contributed by atoms with van der Waals surface area (Å²) in [6.45, 7) is 1.93. The first-order chi connectivity index (χ1) is 9.75. The average Bonchev–Trinajstić information content (AvgIpc) is 2.49. The third-order valence-electron chi connectivity index (χ3n) is 2.57. The van der Waals surface area contributed by atoms with E-state index in [-0.39, 0.29) is 5.91 Å². The van der Waals surface area contributed by atoms with Crippen LogP contribution in [0.1, 0.15) is 22.8 Å². The highest BCUT2D eigenvalue weighted by atomic mass is 16.2. The number of carbonyl (C=O) groups is 1. The first-order valence-electron chi connectivity index (χ1n) is 6.22. The van der Waals surface area contributed by atoms with Gasteiger partial charge in [0.15, 0.2) is 0 Å². The Bertz CT molecular complexity index is 619. The summed E-state index contributed by atoms with van der Waals surface area (Å²) in [6, 6.07) is 13.2. The summed E-state index contributed by atoms with van der Waals surface area (Å²) in [6.07, 6.45) is 6.74. The van der Waals surface area contributed by atoms with Crippen molar-refractivity contribution in [1.82, 2.24) is 10.4 Å². The van der Waals surface area contributed by atoms with Crippen LogP contribution in [-0.4, -0.2) is 17.1 Å². The fourth-order valence-electron chi connectivity index (χ4n) is 1.61. The van der Waals surface area contributed by atoms with E-state index >= 15 is 0 Å². The topological polar surface area (TPSA) is 54.4 Å². The molecule has 0 aliphatic heterocycles. The van der Waals surface area contributed by atoms with Gasteiger partial charge in [-0.15, -0.1) is 0 Å². The molecule has 0 spiro atoms. The third-order valence-corrected chi connectivity index (χ3v) is 2.57. The molecule has 4 heteroatoms. The van der Waals surface area contributed by atoms with Crippen molar-refractivity contribution in [1.29, 1.82) is 0 Å². The Kier molecular flexibility index (Phi) is 4.78. The molecule has 20 heavy (non-hydrogen) atoms. The lowest BCUT2D eigenvalue weighted by Gasteiger charge is -1.98. The molecular formula is C16H15N3O. The largest absolute Gasteiger partial charge is 0.271 e. The van der Waals surface area contributed by atoms with Gasteiger partial charge in [-0.3, -0.25) is 9.78 Å². The van der Waals surface area contributed by atoms with E-state index in [4.69, 9.17) is 0 Å². The third kappa shape index (κ3) is 4.17. The Hall–Kier alpha value is -2.75. The van der Waals surface area contributed by atoms with Crippen molar-refractivity contribution < 1.29 is 4.79 Å². The van der Waals surface area contributed by atoms with Crippen LogP contribution < -0.4 is 5.43 Å². The molecule has 0 atom stereocenters. The number of rotatable bonds is 4. The molecule has 0 saturated heterocycles. The lowest BCUT2D eigenvalue weighted by molar-refractivity contribution is 0.0955. The van der Waals surface area contributed by atoms with Crippen LogP contribution in [0.25, 0.3) is 6.08 Å². The van der Waals surface area contributed by atoms with Crippen LogP contribution in [0.3, 0.4) is 0 Å². The van der Waals surface area contributed by atoms with Gasteiger partial charge in [0, 0.05) is 18.0 Å². The van der Waals surface area contributed by atoms with E-state index in [1.54, 1.807) is 30.7 Å². The van der Waals surface area contributed by atoms with Gasteiger partial charge in [-0.25, -0.2) is 5.43 Å². The van der Waals surface area contributed by atoms with E-state index in [1.807, 2.05) is 43.3 Å². The van der Waals surface area contributed by atoms with Crippen molar-refractivity contribution in [3.63, 3.8) is 0 Å². The molecule has 1 heterocycles. The minimum absolute atomic E-state index is 0.254. The lowest BCUT2D eigenvalue weighted by Crippen LogP contribution is -2.17. The van der Waals surface area contributed by atoms with E-state index in [1.165, 1.54) is 0 Å². The zero-order chi connectivity index (χ0) is 14.2. The summed E-state index contributed by atoms with van der Waals surface area (Å²) in [7, 11) is 0. The van der Waals surface area contributed by atoms with Gasteiger partial charge in [0.25, 0.3) is 5.91 Å². The number of pyridine rings is 1. The summed E-state index contributed by atoms with van der Waals surface area (Å²) < 4.78 is 0. The molecule has 1 N–H and O–H groups in total. The Labute approximate surface area is 117 Å². The maximum Gasteiger partial charge on any atom is 0.271 e. The van der Waals surface area contributed by atoms with Gasteiger partial charge in [0.05, 0.1) is 6.21 Å². The summed E-state index contributed by atoms with van der Waals surface area (Å²) >= 11 is 0. The predicted octanol–water partition coefficient (Wildman–Crippen LogP) is 2.90. The molecule has 0 bridgehead atoms. The molecule has 1 amide bonds. The van der Waals surface area contributed by atoms with E-state index in [0.29, 0.717) is 5.56 Å². The molecular weight excluding hydrogens is 250 g/mol. The van der Waals surface area contributed by atoms with Crippen molar-refractivity contribution >= 4 is 18.2 Å². The van der Waals surface area contributed by atoms with Crippen LogP contribution in [0.15, 0.2) is 65.5 Å². The van der Waals surface area contributed by atoms with Gasteiger partial charge >= 0.3 is 0 Å². The van der Waals surface area contributed by atoms with Gasteiger partial charge in [0.2, 0.25) is 0 Å². The van der Waals surface area contributed by atoms with E-state index in [2.05, 4.69) is 15.5 Å². The Morgan fingerprint density at radius 1 is 1.15 bits per heavy atom. The second-order valence-corrected chi connectivity index (χ2v) is 4.23. The van der Waals surface area contributed by atoms with Crippen molar-refractivity contribution in [2.45, 2.75) is 6.92 Å². The highest BCUT2D eigenvalue weighted by molar-refractivity contribution is 5.95. The maximum atomic E-state index is 11.7. The second-order valence-electron chi connectivity index (χ2n) is 4.23.